The summed E-state index contributed by atoms with van der Waals surface area (Å²) in [6.07, 6.45) is 0. The number of carbonyl (C=O) groups is 1. The van der Waals surface area contributed by atoms with Crippen molar-refractivity contribution in [3.8, 4) is 5.75 Å². The molecule has 0 aromatic heterocycles. The third-order valence-corrected chi connectivity index (χ3v) is 6.96. The first-order valence-electron chi connectivity index (χ1n) is 10.5. The predicted octanol–water partition coefficient (Wildman–Crippen LogP) is 4.36. The Morgan fingerprint density at radius 2 is 1.62 bits per heavy atom. The highest BCUT2D eigenvalue weighted by Crippen LogP contribution is 2.24. The Morgan fingerprint density at radius 3 is 2.28 bits per heavy atom. The van der Waals surface area contributed by atoms with Gasteiger partial charge < -0.3 is 9.64 Å². The lowest BCUT2D eigenvalue weighted by Crippen LogP contribution is -2.32. The van der Waals surface area contributed by atoms with E-state index < -0.39 is 10.0 Å². The molecule has 168 valence electrons. The van der Waals surface area contributed by atoms with Gasteiger partial charge in [0.25, 0.3) is 15.9 Å². The molecule has 3 aromatic rings. The molecule has 0 bridgehead atoms. The van der Waals surface area contributed by atoms with Crippen molar-refractivity contribution in [2.75, 3.05) is 31.0 Å². The van der Waals surface area contributed by atoms with Crippen molar-refractivity contribution >= 4 is 21.6 Å². The van der Waals surface area contributed by atoms with Gasteiger partial charge in [0.15, 0.2) is 0 Å². The number of amides is 1. The minimum Gasteiger partial charge on any atom is -0.492 e. The van der Waals surface area contributed by atoms with Crippen LogP contribution in [0.2, 0.25) is 0 Å². The van der Waals surface area contributed by atoms with Crippen LogP contribution in [0.5, 0.6) is 5.75 Å². The first-order valence-corrected chi connectivity index (χ1v) is 11.9. The van der Waals surface area contributed by atoms with Crippen LogP contribution in [0.15, 0.2) is 83.8 Å². The smallest absolute Gasteiger partial charge is 0.264 e. The Kier molecular flexibility index (Phi) is 7.53. The maximum atomic E-state index is 13.2. The van der Waals surface area contributed by atoms with Gasteiger partial charge in [0, 0.05) is 19.2 Å². The summed E-state index contributed by atoms with van der Waals surface area (Å²) in [4.78, 5) is 14.5. The molecule has 3 rings (SSSR count). The van der Waals surface area contributed by atoms with Gasteiger partial charge in [-0.3, -0.25) is 9.10 Å². The number of sulfonamides is 1. The zero-order valence-electron chi connectivity index (χ0n) is 18.6. The van der Waals surface area contributed by atoms with Crippen molar-refractivity contribution in [3.63, 3.8) is 0 Å². The molecule has 0 saturated heterocycles. The number of aryl methyl sites for hydroxylation is 1. The molecule has 0 spiro atoms. The molecular formula is C25H28N2O4S. The number of hydrogen-bond acceptors (Lipinski definition) is 4. The molecule has 1 amide bonds. The monoisotopic (exact) mass is 452 g/mol. The van der Waals surface area contributed by atoms with Crippen molar-refractivity contribution < 1.29 is 17.9 Å². The minimum absolute atomic E-state index is 0.0818. The highest BCUT2D eigenvalue weighted by molar-refractivity contribution is 7.92. The van der Waals surface area contributed by atoms with E-state index in [-0.39, 0.29) is 17.3 Å². The zero-order chi connectivity index (χ0) is 23.1. The second kappa shape index (κ2) is 10.3. The molecule has 0 radical (unpaired) electrons. The fourth-order valence-corrected chi connectivity index (χ4v) is 4.78. The minimum atomic E-state index is -3.80. The third-order valence-electron chi connectivity index (χ3n) is 5.06. The lowest BCUT2D eigenvalue weighted by atomic mass is 10.2. The largest absolute Gasteiger partial charge is 0.492 e. The van der Waals surface area contributed by atoms with Crippen LogP contribution < -0.4 is 9.04 Å². The molecule has 0 atom stereocenters. The summed E-state index contributed by atoms with van der Waals surface area (Å²) in [5.74, 6) is 0.474. The van der Waals surface area contributed by atoms with Crippen LogP contribution in [-0.2, 0) is 10.0 Å². The Balaban J connectivity index is 1.71. The highest BCUT2D eigenvalue weighted by atomic mass is 32.2. The molecule has 0 aliphatic heterocycles. The van der Waals surface area contributed by atoms with Crippen molar-refractivity contribution in [1.82, 2.24) is 4.90 Å². The average molecular weight is 453 g/mol. The van der Waals surface area contributed by atoms with E-state index in [0.717, 1.165) is 11.3 Å². The fraction of sp³-hybridized carbons (Fsp3) is 0.240. The molecule has 0 aliphatic rings. The molecule has 6 nitrogen and oxygen atoms in total. The average Bonchev–Trinajstić information content (AvgIpc) is 2.81. The Labute approximate surface area is 190 Å². The molecule has 3 aromatic carbocycles. The molecule has 0 heterocycles. The lowest BCUT2D eigenvalue weighted by Gasteiger charge is -2.23. The molecule has 0 N–H and O–H groups in total. The Bertz CT molecular complexity index is 1150. The van der Waals surface area contributed by atoms with Crippen molar-refractivity contribution in [2.45, 2.75) is 18.7 Å². The molecule has 0 aliphatic carbocycles. The van der Waals surface area contributed by atoms with E-state index in [1.807, 2.05) is 37.3 Å². The van der Waals surface area contributed by atoms with Crippen LogP contribution in [0.3, 0.4) is 0 Å². The quantitative estimate of drug-likeness (QED) is 0.484. The van der Waals surface area contributed by atoms with Crippen LogP contribution in [0.25, 0.3) is 0 Å². The van der Waals surface area contributed by atoms with Crippen molar-refractivity contribution in [2.24, 2.45) is 0 Å². The van der Waals surface area contributed by atoms with Gasteiger partial charge >= 0.3 is 0 Å². The summed E-state index contributed by atoms with van der Waals surface area (Å²) < 4.78 is 33.5. The standard InChI is InChI=1S/C25H28N2O4S/c1-4-27(22-10-6-5-7-11-22)32(29,30)24-12-8-9-21(19-24)25(28)26(3)17-18-31-23-15-13-20(2)14-16-23/h5-16,19H,4,17-18H2,1-3H3. The number of ether oxygens (including phenoxy) is 1. The Hall–Kier alpha value is -3.32. The maximum Gasteiger partial charge on any atom is 0.264 e. The summed E-state index contributed by atoms with van der Waals surface area (Å²) >= 11 is 0. The van der Waals surface area contributed by atoms with Crippen LogP contribution in [0.4, 0.5) is 5.69 Å². The second-order valence-corrected chi connectivity index (χ2v) is 9.28. The number of anilines is 1. The predicted molar refractivity (Wildman–Crippen MR) is 127 cm³/mol. The number of nitrogens with zero attached hydrogens (tertiary/aromatic N) is 2. The summed E-state index contributed by atoms with van der Waals surface area (Å²) in [7, 11) is -2.13. The molecule has 0 saturated carbocycles. The van der Waals surface area contributed by atoms with Crippen molar-refractivity contribution in [1.29, 1.82) is 0 Å². The van der Waals surface area contributed by atoms with Crippen LogP contribution >= 0.6 is 0 Å². The number of para-hydroxylation sites is 1. The van der Waals surface area contributed by atoms with E-state index in [9.17, 15) is 13.2 Å². The summed E-state index contributed by atoms with van der Waals surface area (Å²) in [6.45, 7) is 4.77. The van der Waals surface area contributed by atoms with Gasteiger partial charge in [-0.25, -0.2) is 8.42 Å². The zero-order valence-corrected chi connectivity index (χ0v) is 19.4. The first-order chi connectivity index (χ1) is 15.3. The van der Waals surface area contributed by atoms with Crippen molar-refractivity contribution in [3.05, 3.63) is 90.0 Å². The van der Waals surface area contributed by atoms with E-state index in [4.69, 9.17) is 4.74 Å². The number of rotatable bonds is 9. The summed E-state index contributed by atoms with van der Waals surface area (Å²) in [5.41, 5.74) is 2.04. The van der Waals surface area contributed by atoms with E-state index in [0.29, 0.717) is 24.4 Å². The Morgan fingerprint density at radius 1 is 0.938 bits per heavy atom. The number of hydrogen-bond donors (Lipinski definition) is 0. The number of benzene rings is 3. The topological polar surface area (TPSA) is 66.9 Å². The molecule has 0 unspecified atom stereocenters. The SMILES string of the molecule is CCN(c1ccccc1)S(=O)(=O)c1cccc(C(=O)N(C)CCOc2ccc(C)cc2)c1. The van der Waals surface area contributed by atoms with Crippen LogP contribution in [0, 0.1) is 6.92 Å². The molecule has 7 heteroatoms. The maximum absolute atomic E-state index is 13.2. The third kappa shape index (κ3) is 5.48. The van der Waals surface area contributed by atoms with Gasteiger partial charge in [-0.15, -0.1) is 0 Å². The van der Waals surface area contributed by atoms with E-state index in [2.05, 4.69) is 0 Å². The normalized spacial score (nSPS) is 11.1. The first kappa shape index (κ1) is 23.3. The van der Waals surface area contributed by atoms with E-state index in [1.54, 1.807) is 50.4 Å². The van der Waals surface area contributed by atoms with Crippen LogP contribution in [-0.4, -0.2) is 46.0 Å². The summed E-state index contributed by atoms with van der Waals surface area (Å²) in [5, 5.41) is 0. The fourth-order valence-electron chi connectivity index (χ4n) is 3.26. The van der Waals surface area contributed by atoms with Gasteiger partial charge in [-0.1, -0.05) is 42.0 Å². The molecule has 0 fully saturated rings. The lowest BCUT2D eigenvalue weighted by molar-refractivity contribution is 0.0773. The van der Waals surface area contributed by atoms with Gasteiger partial charge in [0.2, 0.25) is 0 Å². The van der Waals surface area contributed by atoms with Gasteiger partial charge in [-0.05, 0) is 56.3 Å². The second-order valence-electron chi connectivity index (χ2n) is 7.42. The number of carbonyl (C=O) groups excluding carboxylic acids is 1. The summed E-state index contributed by atoms with van der Waals surface area (Å²) in [6, 6.07) is 22.8. The van der Waals surface area contributed by atoms with E-state index >= 15 is 0 Å². The number of likely N-dealkylation sites (N-methyl/N-ethyl adjacent to an activating group) is 1. The van der Waals surface area contributed by atoms with E-state index in [1.165, 1.54) is 21.3 Å². The van der Waals surface area contributed by atoms with Gasteiger partial charge in [-0.2, -0.15) is 0 Å². The van der Waals surface area contributed by atoms with Gasteiger partial charge in [0.05, 0.1) is 17.1 Å². The van der Waals surface area contributed by atoms with Gasteiger partial charge in [0.1, 0.15) is 12.4 Å². The molecule has 32 heavy (non-hydrogen) atoms. The highest BCUT2D eigenvalue weighted by Gasteiger charge is 2.25. The van der Waals surface area contributed by atoms with Crippen LogP contribution in [0.1, 0.15) is 22.8 Å². The molecular weight excluding hydrogens is 424 g/mol.